The number of halogens is 1. The van der Waals surface area contributed by atoms with Crippen LogP contribution in [-0.4, -0.2) is 0 Å². The van der Waals surface area contributed by atoms with Crippen molar-refractivity contribution in [1.82, 2.24) is 0 Å². The zero-order valence-electron chi connectivity index (χ0n) is 11.6. The van der Waals surface area contributed by atoms with Crippen LogP contribution in [0.2, 0.25) is 0 Å². The Labute approximate surface area is 134 Å². The number of hydrogen-bond donors (Lipinski definition) is 1. The van der Waals surface area contributed by atoms with Crippen LogP contribution in [0.4, 0.5) is 0 Å². The van der Waals surface area contributed by atoms with Crippen LogP contribution < -0.4 is 16.1 Å². The van der Waals surface area contributed by atoms with Gasteiger partial charge >= 0.3 is 5.63 Å². The number of aryl methyl sites for hydroxylation is 1. The van der Waals surface area contributed by atoms with Gasteiger partial charge in [-0.2, -0.15) is 5.26 Å². The van der Waals surface area contributed by atoms with Crippen LogP contribution in [0.5, 0.6) is 5.75 Å². The van der Waals surface area contributed by atoms with E-state index in [1.54, 1.807) is 13.0 Å². The summed E-state index contributed by atoms with van der Waals surface area (Å²) in [4.78, 5) is 12.3. The molecule has 0 radical (unpaired) electrons. The van der Waals surface area contributed by atoms with Gasteiger partial charge < -0.3 is 14.9 Å². The van der Waals surface area contributed by atoms with Gasteiger partial charge in [0.15, 0.2) is 0 Å². The maximum atomic E-state index is 12.3. The topological polar surface area (TPSA) is 89.2 Å². The summed E-state index contributed by atoms with van der Waals surface area (Å²) < 4.78 is 11.5. The smallest absolute Gasteiger partial charge is 0.343 e. The number of nitriles is 1. The molecule has 0 aliphatic carbocycles. The number of ether oxygens (including phenoxy) is 1. The van der Waals surface area contributed by atoms with Gasteiger partial charge in [0, 0.05) is 10.5 Å². The second kappa shape index (κ2) is 5.35. The quantitative estimate of drug-likeness (QED) is 0.846. The number of hydrogen-bond acceptors (Lipinski definition) is 5. The molecule has 2 aromatic rings. The maximum Gasteiger partial charge on any atom is 0.343 e. The number of nitrogens with zero attached hydrogens (tertiary/aromatic N) is 1. The summed E-state index contributed by atoms with van der Waals surface area (Å²) in [5.74, 6) is 0.163. The predicted octanol–water partition coefficient (Wildman–Crippen LogP) is 2.93. The molecule has 0 bridgehead atoms. The van der Waals surface area contributed by atoms with Crippen LogP contribution in [-0.2, 0) is 0 Å². The van der Waals surface area contributed by atoms with Gasteiger partial charge in [0.25, 0.3) is 0 Å². The lowest BCUT2D eigenvalue weighted by Crippen LogP contribution is -2.26. The standard InChI is InChI=1S/C16H11BrN2O3/c1-8-6-12-14(16(20)21-8)13(11(7-18)15(19)22-12)9-2-4-10(17)5-3-9/h2-6,13H,19H2,1H3/t13-/m0/s1. The zero-order chi connectivity index (χ0) is 15.9. The first kappa shape index (κ1) is 14.4. The van der Waals surface area contributed by atoms with Gasteiger partial charge in [-0.25, -0.2) is 4.79 Å². The van der Waals surface area contributed by atoms with Gasteiger partial charge in [0.05, 0.1) is 11.5 Å². The van der Waals surface area contributed by atoms with E-state index in [9.17, 15) is 10.1 Å². The van der Waals surface area contributed by atoms with Crippen LogP contribution in [0.15, 0.2) is 55.5 Å². The van der Waals surface area contributed by atoms with Crippen LogP contribution in [0.25, 0.3) is 0 Å². The zero-order valence-corrected chi connectivity index (χ0v) is 13.2. The number of benzene rings is 1. The number of nitrogens with two attached hydrogens (primary N) is 1. The Hall–Kier alpha value is -2.52. The summed E-state index contributed by atoms with van der Waals surface area (Å²) in [6, 6.07) is 11.0. The third-order valence-corrected chi connectivity index (χ3v) is 3.99. The van der Waals surface area contributed by atoms with Crippen molar-refractivity contribution in [3.63, 3.8) is 0 Å². The fourth-order valence-corrected chi connectivity index (χ4v) is 2.77. The Balaban J connectivity index is 2.29. The van der Waals surface area contributed by atoms with Gasteiger partial charge in [0.1, 0.15) is 23.2 Å². The van der Waals surface area contributed by atoms with E-state index in [1.165, 1.54) is 0 Å². The third-order valence-electron chi connectivity index (χ3n) is 3.46. The number of fused-ring (bicyclic) bond motifs is 1. The predicted molar refractivity (Wildman–Crippen MR) is 83.2 cm³/mol. The largest absolute Gasteiger partial charge is 0.440 e. The molecule has 0 amide bonds. The van der Waals surface area contributed by atoms with Crippen molar-refractivity contribution in [1.29, 1.82) is 5.26 Å². The SMILES string of the molecule is Cc1cc2c(c(=O)o1)[C@@H](c1ccc(Br)cc1)C(C#N)=C(N)O2. The minimum absolute atomic E-state index is 0.00733. The highest BCUT2D eigenvalue weighted by Gasteiger charge is 2.34. The Morgan fingerprint density at radius 1 is 1.32 bits per heavy atom. The first-order valence-electron chi connectivity index (χ1n) is 6.49. The number of allylic oxidation sites excluding steroid dienone is 1. The minimum atomic E-state index is -0.598. The number of rotatable bonds is 1. The molecule has 1 aromatic carbocycles. The van der Waals surface area contributed by atoms with E-state index in [-0.39, 0.29) is 11.5 Å². The molecule has 5 nitrogen and oxygen atoms in total. The van der Waals surface area contributed by atoms with Gasteiger partial charge in [0.2, 0.25) is 5.88 Å². The normalized spacial score (nSPS) is 16.7. The van der Waals surface area contributed by atoms with Gasteiger partial charge in [-0.15, -0.1) is 0 Å². The summed E-state index contributed by atoms with van der Waals surface area (Å²) in [5.41, 5.74) is 6.59. The molecule has 1 aliphatic heterocycles. The van der Waals surface area contributed by atoms with E-state index in [0.29, 0.717) is 17.1 Å². The van der Waals surface area contributed by atoms with Crippen LogP contribution in [0.1, 0.15) is 22.8 Å². The molecule has 1 atom stereocenters. The fraction of sp³-hybridized carbons (Fsp3) is 0.125. The van der Waals surface area contributed by atoms with E-state index in [0.717, 1.165) is 10.0 Å². The highest BCUT2D eigenvalue weighted by atomic mass is 79.9. The lowest BCUT2D eigenvalue weighted by atomic mass is 9.84. The van der Waals surface area contributed by atoms with E-state index in [1.807, 2.05) is 30.3 Å². The molecule has 22 heavy (non-hydrogen) atoms. The second-order valence-corrected chi connectivity index (χ2v) is 5.81. The average Bonchev–Trinajstić information content (AvgIpc) is 2.46. The van der Waals surface area contributed by atoms with Crippen molar-refractivity contribution < 1.29 is 9.15 Å². The van der Waals surface area contributed by atoms with Crippen LogP contribution >= 0.6 is 15.9 Å². The maximum absolute atomic E-state index is 12.3. The summed E-state index contributed by atoms with van der Waals surface area (Å²) in [7, 11) is 0. The molecule has 0 fully saturated rings. The monoisotopic (exact) mass is 358 g/mol. The molecular weight excluding hydrogens is 348 g/mol. The van der Waals surface area contributed by atoms with Crippen molar-refractivity contribution in [3.8, 4) is 11.8 Å². The molecule has 110 valence electrons. The van der Waals surface area contributed by atoms with Crippen molar-refractivity contribution in [2.24, 2.45) is 5.73 Å². The molecule has 2 heterocycles. The van der Waals surface area contributed by atoms with Crippen molar-refractivity contribution in [2.45, 2.75) is 12.8 Å². The molecule has 0 unspecified atom stereocenters. The fourth-order valence-electron chi connectivity index (χ4n) is 2.51. The third kappa shape index (κ3) is 2.30. The summed E-state index contributed by atoms with van der Waals surface area (Å²) in [5, 5.41) is 9.41. The van der Waals surface area contributed by atoms with E-state index in [4.69, 9.17) is 14.9 Å². The van der Waals surface area contributed by atoms with E-state index < -0.39 is 11.5 Å². The molecule has 2 N–H and O–H groups in total. The summed E-state index contributed by atoms with van der Waals surface area (Å²) >= 11 is 3.36. The molecule has 6 heteroatoms. The van der Waals surface area contributed by atoms with Crippen molar-refractivity contribution in [3.05, 3.63) is 73.6 Å². The first-order chi connectivity index (χ1) is 10.5. The Morgan fingerprint density at radius 3 is 2.64 bits per heavy atom. The molecule has 0 spiro atoms. The Kier molecular flexibility index (Phi) is 3.51. The van der Waals surface area contributed by atoms with Crippen LogP contribution in [0.3, 0.4) is 0 Å². The van der Waals surface area contributed by atoms with Crippen LogP contribution in [0, 0.1) is 18.3 Å². The molecule has 0 saturated heterocycles. The summed E-state index contributed by atoms with van der Waals surface area (Å²) in [6.07, 6.45) is 0. The minimum Gasteiger partial charge on any atom is -0.440 e. The second-order valence-electron chi connectivity index (χ2n) is 4.90. The molecule has 0 saturated carbocycles. The highest BCUT2D eigenvalue weighted by Crippen LogP contribution is 2.40. The van der Waals surface area contributed by atoms with Gasteiger partial charge in [-0.05, 0) is 24.6 Å². The molecule has 1 aliphatic rings. The highest BCUT2D eigenvalue weighted by molar-refractivity contribution is 9.10. The van der Waals surface area contributed by atoms with E-state index in [2.05, 4.69) is 15.9 Å². The van der Waals surface area contributed by atoms with Crippen molar-refractivity contribution >= 4 is 15.9 Å². The lowest BCUT2D eigenvalue weighted by Gasteiger charge is -2.25. The molecule has 3 rings (SSSR count). The molecular formula is C16H11BrN2O3. The van der Waals surface area contributed by atoms with Gasteiger partial charge in [-0.1, -0.05) is 28.1 Å². The van der Waals surface area contributed by atoms with Gasteiger partial charge in [-0.3, -0.25) is 0 Å². The Morgan fingerprint density at radius 2 is 2.00 bits per heavy atom. The lowest BCUT2D eigenvalue weighted by molar-refractivity contribution is 0.371. The molecule has 1 aromatic heterocycles. The Bertz CT molecular complexity index is 876. The first-order valence-corrected chi connectivity index (χ1v) is 7.28. The average molecular weight is 359 g/mol. The summed E-state index contributed by atoms with van der Waals surface area (Å²) in [6.45, 7) is 1.65. The van der Waals surface area contributed by atoms with E-state index >= 15 is 0 Å². The van der Waals surface area contributed by atoms with Crippen molar-refractivity contribution in [2.75, 3.05) is 0 Å².